The zero-order chi connectivity index (χ0) is 20.3. The van der Waals surface area contributed by atoms with Crippen molar-refractivity contribution in [1.29, 1.82) is 0 Å². The van der Waals surface area contributed by atoms with Gasteiger partial charge in [0.25, 0.3) is 5.56 Å². The Hall–Kier alpha value is -3.35. The molecule has 0 unspecified atom stereocenters. The minimum atomic E-state index is -0.413. The van der Waals surface area contributed by atoms with Gasteiger partial charge in [0.15, 0.2) is 11.2 Å². The SMILES string of the molecule is C=C[C@H](C)n1c(=O)c2c(nc3n(-c4ccc(C)c(C)c4)c(C)cn23)n(C)c1=O. The zero-order valence-corrected chi connectivity index (χ0v) is 16.7. The molecule has 0 fully saturated rings. The number of fused-ring (bicyclic) bond motifs is 3. The van der Waals surface area contributed by atoms with E-state index in [1.807, 2.05) is 23.8 Å². The number of rotatable bonds is 3. The Morgan fingerprint density at radius 1 is 1.14 bits per heavy atom. The van der Waals surface area contributed by atoms with Crippen LogP contribution >= 0.6 is 0 Å². The second-order valence-electron chi connectivity index (χ2n) is 7.32. The molecule has 3 aromatic heterocycles. The maximum absolute atomic E-state index is 13.2. The van der Waals surface area contributed by atoms with E-state index < -0.39 is 11.7 Å². The number of nitrogens with zero attached hydrogens (tertiary/aromatic N) is 5. The van der Waals surface area contributed by atoms with Crippen molar-refractivity contribution in [2.75, 3.05) is 0 Å². The standard InChI is InChI=1S/C21H23N5O2/c1-7-14(4)26-19(27)17-18(23(6)21(26)28)22-20-24(17)11-15(5)25(20)16-9-8-12(2)13(3)10-16/h7-11,14H,1H2,2-6H3/t14-/m0/s1. The lowest BCUT2D eigenvalue weighted by molar-refractivity contribution is 0.574. The number of imidazole rings is 2. The van der Waals surface area contributed by atoms with Crippen LogP contribution in [0.25, 0.3) is 22.6 Å². The van der Waals surface area contributed by atoms with Crippen LogP contribution in [0.4, 0.5) is 0 Å². The van der Waals surface area contributed by atoms with E-state index in [0.29, 0.717) is 16.9 Å². The van der Waals surface area contributed by atoms with E-state index in [1.165, 1.54) is 20.3 Å². The Morgan fingerprint density at radius 3 is 2.50 bits per heavy atom. The van der Waals surface area contributed by atoms with Gasteiger partial charge in [-0.25, -0.2) is 4.79 Å². The lowest BCUT2D eigenvalue weighted by Gasteiger charge is -2.11. The first-order valence-electron chi connectivity index (χ1n) is 9.18. The van der Waals surface area contributed by atoms with Crippen LogP contribution < -0.4 is 11.2 Å². The molecule has 7 nitrogen and oxygen atoms in total. The fourth-order valence-electron chi connectivity index (χ4n) is 3.63. The number of allylic oxidation sites excluding steroid dienone is 1. The zero-order valence-electron chi connectivity index (χ0n) is 16.7. The summed E-state index contributed by atoms with van der Waals surface area (Å²) in [5.41, 5.74) is 4.29. The fourth-order valence-corrected chi connectivity index (χ4v) is 3.63. The Morgan fingerprint density at radius 2 is 1.86 bits per heavy atom. The molecule has 1 aromatic carbocycles. The fraction of sp³-hybridized carbons (Fsp3) is 0.286. The van der Waals surface area contributed by atoms with Crippen molar-refractivity contribution in [3.8, 4) is 5.69 Å². The average molecular weight is 377 g/mol. The van der Waals surface area contributed by atoms with Gasteiger partial charge in [0.2, 0.25) is 5.78 Å². The molecule has 0 spiro atoms. The maximum Gasteiger partial charge on any atom is 0.333 e. The van der Waals surface area contributed by atoms with Gasteiger partial charge >= 0.3 is 5.69 Å². The molecular formula is C21H23N5O2. The second-order valence-corrected chi connectivity index (χ2v) is 7.32. The predicted octanol–water partition coefficient (Wildman–Crippen LogP) is 2.81. The molecule has 1 atom stereocenters. The highest BCUT2D eigenvalue weighted by Gasteiger charge is 2.22. The Bertz CT molecular complexity index is 1380. The van der Waals surface area contributed by atoms with Crippen LogP contribution in [0.5, 0.6) is 0 Å². The molecule has 28 heavy (non-hydrogen) atoms. The third kappa shape index (κ3) is 2.32. The summed E-state index contributed by atoms with van der Waals surface area (Å²) in [6.45, 7) is 11.6. The molecule has 3 heterocycles. The summed E-state index contributed by atoms with van der Waals surface area (Å²) < 4.78 is 6.40. The summed E-state index contributed by atoms with van der Waals surface area (Å²) in [7, 11) is 1.63. The minimum Gasteiger partial charge on any atom is -0.283 e. The number of hydrogen-bond acceptors (Lipinski definition) is 3. The molecule has 7 heteroatoms. The summed E-state index contributed by atoms with van der Waals surface area (Å²) >= 11 is 0. The molecule has 0 saturated carbocycles. The van der Waals surface area contributed by atoms with E-state index in [0.717, 1.165) is 11.4 Å². The summed E-state index contributed by atoms with van der Waals surface area (Å²) in [6.07, 6.45) is 3.47. The smallest absolute Gasteiger partial charge is 0.283 e. The van der Waals surface area contributed by atoms with Gasteiger partial charge in [0, 0.05) is 24.6 Å². The third-order valence-corrected chi connectivity index (χ3v) is 5.47. The summed E-state index contributed by atoms with van der Waals surface area (Å²) in [6, 6.07) is 5.78. The molecule has 0 radical (unpaired) electrons. The summed E-state index contributed by atoms with van der Waals surface area (Å²) in [5.74, 6) is 0.604. The van der Waals surface area contributed by atoms with Crippen LogP contribution in [0.2, 0.25) is 0 Å². The predicted molar refractivity (Wildman–Crippen MR) is 111 cm³/mol. The molecule has 0 amide bonds. The number of aromatic nitrogens is 5. The average Bonchev–Trinajstić information content (AvgIpc) is 3.16. The molecule has 0 aliphatic heterocycles. The molecule has 4 aromatic rings. The van der Waals surface area contributed by atoms with Gasteiger partial charge in [-0.1, -0.05) is 12.1 Å². The summed E-state index contributed by atoms with van der Waals surface area (Å²) in [4.78, 5) is 30.6. The van der Waals surface area contributed by atoms with E-state index >= 15 is 0 Å². The molecule has 4 rings (SSSR count). The van der Waals surface area contributed by atoms with E-state index in [1.54, 1.807) is 24.4 Å². The van der Waals surface area contributed by atoms with E-state index in [2.05, 4.69) is 37.5 Å². The first kappa shape index (κ1) is 18.0. The van der Waals surface area contributed by atoms with E-state index in [4.69, 9.17) is 0 Å². The molecule has 0 saturated heterocycles. The molecule has 0 bridgehead atoms. The molecule has 0 aliphatic rings. The van der Waals surface area contributed by atoms with Crippen LogP contribution in [-0.4, -0.2) is 23.1 Å². The van der Waals surface area contributed by atoms with Crippen LogP contribution in [-0.2, 0) is 7.05 Å². The Labute approximate surface area is 161 Å². The number of aryl methyl sites for hydroxylation is 4. The van der Waals surface area contributed by atoms with Crippen LogP contribution in [0.15, 0.2) is 46.6 Å². The van der Waals surface area contributed by atoms with Crippen LogP contribution in [0, 0.1) is 20.8 Å². The highest BCUT2D eigenvalue weighted by molar-refractivity contribution is 5.76. The van der Waals surface area contributed by atoms with Crippen molar-refractivity contribution in [3.05, 3.63) is 74.7 Å². The Balaban J connectivity index is 2.15. The quantitative estimate of drug-likeness (QED) is 0.516. The minimum absolute atomic E-state index is 0.366. The highest BCUT2D eigenvalue weighted by atomic mass is 16.2. The van der Waals surface area contributed by atoms with E-state index in [9.17, 15) is 9.59 Å². The highest BCUT2D eigenvalue weighted by Crippen LogP contribution is 2.22. The van der Waals surface area contributed by atoms with Gasteiger partial charge < -0.3 is 0 Å². The summed E-state index contributed by atoms with van der Waals surface area (Å²) in [5, 5.41) is 0. The second kappa shape index (κ2) is 6.09. The Kier molecular flexibility index (Phi) is 3.92. The largest absolute Gasteiger partial charge is 0.333 e. The first-order valence-corrected chi connectivity index (χ1v) is 9.18. The molecule has 0 aliphatic carbocycles. The van der Waals surface area contributed by atoms with Crippen molar-refractivity contribution in [1.82, 2.24) is 23.1 Å². The lowest BCUT2D eigenvalue weighted by Crippen LogP contribution is -2.40. The molecule has 0 N–H and O–H groups in total. The van der Waals surface area contributed by atoms with Gasteiger partial charge in [-0.05, 0) is 51.0 Å². The molecule has 144 valence electrons. The topological polar surface area (TPSA) is 66.2 Å². The third-order valence-electron chi connectivity index (χ3n) is 5.47. The van der Waals surface area contributed by atoms with Crippen molar-refractivity contribution >= 4 is 16.9 Å². The van der Waals surface area contributed by atoms with Crippen molar-refractivity contribution in [2.45, 2.75) is 33.7 Å². The van der Waals surface area contributed by atoms with Gasteiger partial charge in [0.1, 0.15) is 0 Å². The lowest BCUT2D eigenvalue weighted by atomic mass is 10.1. The monoisotopic (exact) mass is 377 g/mol. The van der Waals surface area contributed by atoms with Crippen molar-refractivity contribution < 1.29 is 0 Å². The number of benzene rings is 1. The van der Waals surface area contributed by atoms with Gasteiger partial charge in [-0.2, -0.15) is 4.98 Å². The van der Waals surface area contributed by atoms with Gasteiger partial charge in [-0.15, -0.1) is 6.58 Å². The van der Waals surface area contributed by atoms with E-state index in [-0.39, 0.29) is 5.56 Å². The van der Waals surface area contributed by atoms with Crippen molar-refractivity contribution in [2.24, 2.45) is 7.05 Å². The number of hydrogen-bond donors (Lipinski definition) is 0. The van der Waals surface area contributed by atoms with Crippen LogP contribution in [0.3, 0.4) is 0 Å². The van der Waals surface area contributed by atoms with Gasteiger partial charge in [0.05, 0.1) is 6.04 Å². The van der Waals surface area contributed by atoms with Crippen molar-refractivity contribution in [3.63, 3.8) is 0 Å². The first-order chi connectivity index (χ1) is 13.3. The molecular weight excluding hydrogens is 354 g/mol. The maximum atomic E-state index is 13.2. The van der Waals surface area contributed by atoms with Gasteiger partial charge in [-0.3, -0.25) is 22.9 Å². The normalized spacial score (nSPS) is 12.8. The van der Waals surface area contributed by atoms with Crippen LogP contribution in [0.1, 0.15) is 29.8 Å².